The van der Waals surface area contributed by atoms with Crippen molar-refractivity contribution in [1.29, 1.82) is 5.41 Å². The second kappa shape index (κ2) is 5.19. The number of amides is 1. The van der Waals surface area contributed by atoms with Crippen molar-refractivity contribution < 1.29 is 10.0 Å². The van der Waals surface area contributed by atoms with Gasteiger partial charge < -0.3 is 10.9 Å². The second-order valence-corrected chi connectivity index (χ2v) is 4.63. The molecule has 0 spiro atoms. The molecule has 1 amide bonds. The van der Waals surface area contributed by atoms with E-state index in [1.807, 2.05) is 0 Å². The fourth-order valence-electron chi connectivity index (χ4n) is 1.72. The summed E-state index contributed by atoms with van der Waals surface area (Å²) in [6, 6.07) is 2.56. The lowest BCUT2D eigenvalue weighted by atomic mass is 10.3. The molecule has 0 atom stereocenters. The molecule has 0 unspecified atom stereocenters. The van der Waals surface area contributed by atoms with E-state index in [-0.39, 0.29) is 28.7 Å². The Morgan fingerprint density at radius 1 is 1.38 bits per heavy atom. The van der Waals surface area contributed by atoms with Crippen molar-refractivity contribution in [2.45, 2.75) is 19.9 Å². The fraction of sp³-hybridized carbons (Fsp3) is 0.250. The molecule has 0 bridgehead atoms. The summed E-state index contributed by atoms with van der Waals surface area (Å²) in [5.74, 6) is -0.943. The van der Waals surface area contributed by atoms with Crippen LogP contribution in [-0.2, 0) is 0 Å². The van der Waals surface area contributed by atoms with Gasteiger partial charge in [0.15, 0.2) is 11.2 Å². The van der Waals surface area contributed by atoms with Crippen molar-refractivity contribution in [2.75, 3.05) is 0 Å². The average molecular weight is 290 g/mol. The predicted octanol–water partition coefficient (Wildman–Crippen LogP) is -0.497. The van der Waals surface area contributed by atoms with Gasteiger partial charge in [0, 0.05) is 6.07 Å². The van der Waals surface area contributed by atoms with Gasteiger partial charge in [0.2, 0.25) is 0 Å². The summed E-state index contributed by atoms with van der Waals surface area (Å²) in [5, 5.41) is 21.2. The van der Waals surface area contributed by atoms with Gasteiger partial charge in [-0.2, -0.15) is 9.83 Å². The molecule has 0 aliphatic carbocycles. The molecule has 4 N–H and O–H groups in total. The molecule has 110 valence electrons. The number of nitrogens with zero attached hydrogens (tertiary/aromatic N) is 4. The van der Waals surface area contributed by atoms with Crippen LogP contribution in [0.4, 0.5) is 0 Å². The topological polar surface area (TPSA) is 140 Å². The molecule has 2 rings (SSSR count). The highest BCUT2D eigenvalue weighted by Crippen LogP contribution is 2.12. The zero-order valence-electron chi connectivity index (χ0n) is 11.4. The lowest BCUT2D eigenvalue weighted by Crippen LogP contribution is -2.31. The molecule has 0 saturated carbocycles. The minimum absolute atomic E-state index is 0.122. The molecule has 21 heavy (non-hydrogen) atoms. The molecule has 2 aromatic heterocycles. The molecule has 0 fully saturated rings. The van der Waals surface area contributed by atoms with Crippen molar-refractivity contribution in [1.82, 2.24) is 19.5 Å². The summed E-state index contributed by atoms with van der Waals surface area (Å²) in [5.41, 5.74) is 4.31. The fourth-order valence-corrected chi connectivity index (χ4v) is 1.72. The van der Waals surface area contributed by atoms with Crippen molar-refractivity contribution in [3.8, 4) is 11.4 Å². The molecular weight excluding hydrogens is 276 g/mol. The Morgan fingerprint density at radius 2 is 2.05 bits per heavy atom. The summed E-state index contributed by atoms with van der Waals surface area (Å²) < 4.78 is 1.67. The molecule has 9 nitrogen and oxygen atoms in total. The maximum atomic E-state index is 11.7. The van der Waals surface area contributed by atoms with E-state index >= 15 is 0 Å². The molecule has 0 aromatic carbocycles. The summed E-state index contributed by atoms with van der Waals surface area (Å²) in [6.45, 7) is 3.58. The van der Waals surface area contributed by atoms with E-state index in [4.69, 9.17) is 11.1 Å². The van der Waals surface area contributed by atoms with Crippen LogP contribution in [0, 0.1) is 5.41 Å². The Labute approximate surface area is 118 Å². The number of hydrogen-bond donors (Lipinski definition) is 3. The number of carbonyl (C=O) groups is 1. The number of carbonyl (C=O) groups excluding carboxylic acids is 1. The molecule has 0 aliphatic rings. The Balaban J connectivity index is 2.68. The van der Waals surface area contributed by atoms with Crippen molar-refractivity contribution in [2.24, 2.45) is 5.73 Å². The lowest BCUT2D eigenvalue weighted by Gasteiger charge is -2.10. The van der Waals surface area contributed by atoms with Gasteiger partial charge in [-0.1, -0.05) is 0 Å². The molecule has 9 heteroatoms. The van der Waals surface area contributed by atoms with Crippen LogP contribution in [0.3, 0.4) is 0 Å². The second-order valence-electron chi connectivity index (χ2n) is 4.63. The van der Waals surface area contributed by atoms with E-state index in [0.29, 0.717) is 4.73 Å². The molecule has 0 aliphatic heterocycles. The smallest absolute Gasteiger partial charge is 0.271 e. The van der Waals surface area contributed by atoms with Gasteiger partial charge in [0.25, 0.3) is 11.5 Å². The number of primary amides is 1. The van der Waals surface area contributed by atoms with E-state index in [2.05, 4.69) is 10.1 Å². The minimum Gasteiger partial charge on any atom is -0.427 e. The van der Waals surface area contributed by atoms with Gasteiger partial charge in [-0.05, 0) is 19.9 Å². The average Bonchev–Trinajstić information content (AvgIpc) is 2.41. The van der Waals surface area contributed by atoms with Gasteiger partial charge >= 0.3 is 0 Å². The van der Waals surface area contributed by atoms with Crippen molar-refractivity contribution >= 4 is 5.91 Å². The third kappa shape index (κ3) is 2.66. The van der Waals surface area contributed by atoms with Gasteiger partial charge in [-0.3, -0.25) is 15.0 Å². The highest BCUT2D eigenvalue weighted by Gasteiger charge is 2.14. The molecule has 2 heterocycles. The van der Waals surface area contributed by atoms with Crippen molar-refractivity contribution in [3.63, 3.8) is 0 Å². The number of rotatable bonds is 3. The van der Waals surface area contributed by atoms with Crippen LogP contribution >= 0.6 is 0 Å². The summed E-state index contributed by atoms with van der Waals surface area (Å²) in [7, 11) is 0. The van der Waals surface area contributed by atoms with Crippen LogP contribution in [-0.4, -0.2) is 30.6 Å². The Kier molecular flexibility index (Phi) is 3.57. The summed E-state index contributed by atoms with van der Waals surface area (Å²) >= 11 is 0. The normalized spacial score (nSPS) is 10.8. The van der Waals surface area contributed by atoms with E-state index in [1.165, 1.54) is 16.8 Å². The van der Waals surface area contributed by atoms with E-state index < -0.39 is 11.4 Å². The van der Waals surface area contributed by atoms with Crippen LogP contribution in [0.2, 0.25) is 0 Å². The minimum atomic E-state index is -0.943. The highest BCUT2D eigenvalue weighted by atomic mass is 16.5. The number of nitrogens with two attached hydrogens (primary N) is 1. The number of hydrogen-bond acceptors (Lipinski definition) is 6. The summed E-state index contributed by atoms with van der Waals surface area (Å²) in [6.07, 6.45) is 1.12. The molecular formula is C12H14N6O3. The maximum Gasteiger partial charge on any atom is 0.271 e. The quantitative estimate of drug-likeness (QED) is 0.654. The first kappa shape index (κ1) is 14.4. The van der Waals surface area contributed by atoms with E-state index in [9.17, 15) is 14.8 Å². The standard InChI is InChI=1S/C12H14N6O3/c1-6(2)18-9(19)4-3-7(16-18)8-5-17(21)11(13)10(15-8)12(14)20/h3-6,13,21H,1-2H3,(H2,14,20). The first-order chi connectivity index (χ1) is 9.81. The number of aromatic nitrogens is 4. The van der Waals surface area contributed by atoms with Crippen molar-refractivity contribution in [3.05, 3.63) is 39.9 Å². The monoisotopic (exact) mass is 290 g/mol. The SMILES string of the molecule is CC(C)n1nc(-c2cn(O)c(=N)c(C(N)=O)n2)ccc1=O. The number of nitrogens with one attached hydrogen (secondary N) is 1. The highest BCUT2D eigenvalue weighted by molar-refractivity contribution is 5.90. The Morgan fingerprint density at radius 3 is 2.62 bits per heavy atom. The largest absolute Gasteiger partial charge is 0.427 e. The molecule has 0 saturated heterocycles. The molecule has 2 aromatic rings. The van der Waals surface area contributed by atoms with Gasteiger partial charge in [0.05, 0.1) is 12.2 Å². The lowest BCUT2D eigenvalue weighted by molar-refractivity contribution is 0.0983. The Hall–Kier alpha value is -2.97. The van der Waals surface area contributed by atoms with Crippen LogP contribution < -0.4 is 16.8 Å². The molecule has 0 radical (unpaired) electrons. The van der Waals surface area contributed by atoms with Gasteiger partial charge in [0.1, 0.15) is 11.4 Å². The maximum absolute atomic E-state index is 11.7. The van der Waals surface area contributed by atoms with Crippen LogP contribution in [0.5, 0.6) is 0 Å². The first-order valence-corrected chi connectivity index (χ1v) is 6.09. The van der Waals surface area contributed by atoms with Crippen LogP contribution in [0.1, 0.15) is 30.4 Å². The third-order valence-electron chi connectivity index (χ3n) is 2.74. The van der Waals surface area contributed by atoms with Gasteiger partial charge in [-0.15, -0.1) is 0 Å². The third-order valence-corrected chi connectivity index (χ3v) is 2.74. The van der Waals surface area contributed by atoms with Gasteiger partial charge in [-0.25, -0.2) is 9.67 Å². The Bertz CT molecular complexity index is 820. The van der Waals surface area contributed by atoms with Crippen LogP contribution in [0.25, 0.3) is 11.4 Å². The van der Waals surface area contributed by atoms with Crippen LogP contribution in [0.15, 0.2) is 23.1 Å². The summed E-state index contributed by atoms with van der Waals surface area (Å²) in [4.78, 5) is 26.8. The zero-order chi connectivity index (χ0) is 15.7. The zero-order valence-corrected chi connectivity index (χ0v) is 11.4. The van der Waals surface area contributed by atoms with E-state index in [0.717, 1.165) is 6.20 Å². The predicted molar refractivity (Wildman–Crippen MR) is 71.7 cm³/mol. The first-order valence-electron chi connectivity index (χ1n) is 6.09. The van der Waals surface area contributed by atoms with E-state index in [1.54, 1.807) is 13.8 Å².